The first-order chi connectivity index (χ1) is 11.3. The zero-order valence-corrected chi connectivity index (χ0v) is 13.7. The summed E-state index contributed by atoms with van der Waals surface area (Å²) in [5.41, 5.74) is 2.61. The van der Waals surface area contributed by atoms with Crippen molar-refractivity contribution in [2.24, 2.45) is 0 Å². The van der Waals surface area contributed by atoms with Crippen LogP contribution < -0.4 is 9.47 Å². The Morgan fingerprint density at radius 3 is 2.54 bits per heavy atom. The van der Waals surface area contributed by atoms with Crippen molar-refractivity contribution in [1.29, 1.82) is 0 Å². The van der Waals surface area contributed by atoms with Crippen LogP contribution in [0.3, 0.4) is 0 Å². The first-order valence-electron chi connectivity index (χ1n) is 7.19. The van der Waals surface area contributed by atoms with Crippen molar-refractivity contribution >= 4 is 17.7 Å². The summed E-state index contributed by atoms with van der Waals surface area (Å²) < 4.78 is 49.4. The summed E-state index contributed by atoms with van der Waals surface area (Å²) in [4.78, 5) is 0. The zero-order valence-electron chi connectivity index (χ0n) is 12.9. The molecule has 1 aliphatic heterocycles. The van der Waals surface area contributed by atoms with E-state index < -0.39 is 12.3 Å². The molecule has 0 saturated heterocycles. The number of fused-ring (bicyclic) bond motifs is 1. The molecule has 6 heteroatoms. The number of rotatable bonds is 2. The van der Waals surface area contributed by atoms with Crippen LogP contribution in [0.2, 0.25) is 5.02 Å². The van der Waals surface area contributed by atoms with Crippen molar-refractivity contribution in [3.63, 3.8) is 0 Å². The topological polar surface area (TPSA) is 18.5 Å². The number of alkyl halides is 3. The molecule has 0 radical (unpaired) electrons. The minimum absolute atomic E-state index is 0.175. The molecule has 1 atom stereocenters. The molecule has 0 spiro atoms. The van der Waals surface area contributed by atoms with Crippen LogP contribution in [0.25, 0.3) is 17.2 Å². The van der Waals surface area contributed by atoms with E-state index >= 15 is 0 Å². The fraction of sp³-hybridized carbons (Fsp3) is 0.222. The third-order valence-electron chi connectivity index (χ3n) is 3.81. The summed E-state index contributed by atoms with van der Waals surface area (Å²) in [6, 6.07) is 8.54. The highest BCUT2D eigenvalue weighted by molar-refractivity contribution is 6.31. The van der Waals surface area contributed by atoms with Gasteiger partial charge >= 0.3 is 6.18 Å². The molecule has 126 valence electrons. The molecule has 3 rings (SSSR count). The van der Waals surface area contributed by atoms with E-state index in [1.54, 1.807) is 31.4 Å². The predicted octanol–water partition coefficient (Wildman–Crippen LogP) is 5.66. The number of ether oxygens (including phenoxy) is 2. The van der Waals surface area contributed by atoms with E-state index in [2.05, 4.69) is 0 Å². The van der Waals surface area contributed by atoms with Crippen LogP contribution in [0.5, 0.6) is 11.5 Å². The summed E-state index contributed by atoms with van der Waals surface area (Å²) in [6.07, 6.45) is -4.06. The van der Waals surface area contributed by atoms with Gasteiger partial charge in [0.1, 0.15) is 11.5 Å². The molecule has 2 aromatic rings. The second-order valence-electron chi connectivity index (χ2n) is 5.50. The van der Waals surface area contributed by atoms with Crippen molar-refractivity contribution in [1.82, 2.24) is 0 Å². The van der Waals surface area contributed by atoms with Gasteiger partial charge in [-0.25, -0.2) is 0 Å². The van der Waals surface area contributed by atoms with E-state index in [4.69, 9.17) is 21.1 Å². The van der Waals surface area contributed by atoms with Crippen LogP contribution >= 0.6 is 11.6 Å². The van der Waals surface area contributed by atoms with Gasteiger partial charge in [0, 0.05) is 16.1 Å². The van der Waals surface area contributed by atoms with Crippen LogP contribution in [0.1, 0.15) is 11.1 Å². The normalized spacial score (nSPS) is 16.5. The van der Waals surface area contributed by atoms with E-state index in [-0.39, 0.29) is 5.75 Å². The van der Waals surface area contributed by atoms with Gasteiger partial charge in [-0.3, -0.25) is 0 Å². The molecule has 0 bridgehead atoms. The Morgan fingerprint density at radius 1 is 1.17 bits per heavy atom. The van der Waals surface area contributed by atoms with Crippen LogP contribution in [0, 0.1) is 6.92 Å². The molecule has 2 nitrogen and oxygen atoms in total. The Labute approximate surface area is 142 Å². The smallest absolute Gasteiger partial charge is 0.429 e. The highest BCUT2D eigenvalue weighted by Crippen LogP contribution is 2.42. The lowest BCUT2D eigenvalue weighted by Gasteiger charge is -2.26. The summed E-state index contributed by atoms with van der Waals surface area (Å²) in [7, 11) is 1.56. The van der Waals surface area contributed by atoms with Gasteiger partial charge in [0.15, 0.2) is 0 Å². The first-order valence-corrected chi connectivity index (χ1v) is 7.57. The highest BCUT2D eigenvalue weighted by atomic mass is 35.5. The molecule has 24 heavy (non-hydrogen) atoms. The van der Waals surface area contributed by atoms with E-state index in [0.29, 0.717) is 27.5 Å². The van der Waals surface area contributed by atoms with Crippen molar-refractivity contribution in [3.05, 3.63) is 52.6 Å². The molecular formula is C18H14ClF3O2. The molecule has 0 aromatic heterocycles. The lowest BCUT2D eigenvalue weighted by atomic mass is 9.97. The largest absolute Gasteiger partial charge is 0.496 e. The molecule has 0 amide bonds. The summed E-state index contributed by atoms with van der Waals surface area (Å²) in [6.45, 7) is 1.86. The lowest BCUT2D eigenvalue weighted by molar-refractivity contribution is -0.180. The average Bonchev–Trinajstić information content (AvgIpc) is 2.52. The van der Waals surface area contributed by atoms with Gasteiger partial charge in [0.05, 0.1) is 7.11 Å². The minimum Gasteiger partial charge on any atom is -0.496 e. The number of halogens is 4. The Bertz CT molecular complexity index is 813. The van der Waals surface area contributed by atoms with Gasteiger partial charge in [-0.05, 0) is 48.4 Å². The Hall–Kier alpha value is -2.14. The van der Waals surface area contributed by atoms with Gasteiger partial charge in [-0.15, -0.1) is 0 Å². The van der Waals surface area contributed by atoms with E-state index in [9.17, 15) is 13.2 Å². The van der Waals surface area contributed by atoms with Crippen molar-refractivity contribution in [2.75, 3.05) is 7.11 Å². The highest BCUT2D eigenvalue weighted by Gasteiger charge is 2.42. The van der Waals surface area contributed by atoms with Gasteiger partial charge in [0.2, 0.25) is 6.10 Å². The molecule has 1 aliphatic rings. The lowest BCUT2D eigenvalue weighted by Crippen LogP contribution is -2.34. The number of aryl methyl sites for hydroxylation is 1. The van der Waals surface area contributed by atoms with Crippen molar-refractivity contribution in [3.8, 4) is 22.6 Å². The van der Waals surface area contributed by atoms with Crippen LogP contribution in [-0.2, 0) is 0 Å². The summed E-state index contributed by atoms with van der Waals surface area (Å²) in [5, 5.41) is 0.427. The summed E-state index contributed by atoms with van der Waals surface area (Å²) in [5.74, 6) is 0.873. The molecular weight excluding hydrogens is 341 g/mol. The fourth-order valence-electron chi connectivity index (χ4n) is 2.66. The molecule has 1 heterocycles. The maximum atomic E-state index is 13.0. The fourth-order valence-corrected chi connectivity index (χ4v) is 2.89. The summed E-state index contributed by atoms with van der Waals surface area (Å²) >= 11 is 6.12. The number of hydrogen-bond donors (Lipinski definition) is 0. The number of benzene rings is 2. The average molecular weight is 355 g/mol. The molecule has 0 aliphatic carbocycles. The molecule has 0 saturated carbocycles. The van der Waals surface area contributed by atoms with Crippen LogP contribution in [0.4, 0.5) is 13.2 Å². The molecule has 0 unspecified atom stereocenters. The molecule has 0 fully saturated rings. The second-order valence-corrected chi connectivity index (χ2v) is 5.93. The van der Waals surface area contributed by atoms with E-state index in [1.165, 1.54) is 6.08 Å². The first kappa shape index (κ1) is 16.7. The monoisotopic (exact) mass is 354 g/mol. The minimum atomic E-state index is -4.47. The van der Waals surface area contributed by atoms with E-state index in [1.807, 2.05) is 13.0 Å². The van der Waals surface area contributed by atoms with E-state index in [0.717, 1.165) is 11.6 Å². The number of methoxy groups -OCH3 is 1. The van der Waals surface area contributed by atoms with Crippen molar-refractivity contribution < 1.29 is 22.6 Å². The standard InChI is InChI=1S/C18H14ClF3O2/c1-10-7-11(3-5-15(10)23-2)14-9-13(19)8-12-4-6-16(18(20,21)22)24-17(12)14/h3-9,16H,1-2H3/t16-/m0/s1. The van der Waals surface area contributed by atoms with Gasteiger partial charge in [-0.1, -0.05) is 23.7 Å². The third-order valence-corrected chi connectivity index (χ3v) is 4.02. The Morgan fingerprint density at radius 2 is 1.92 bits per heavy atom. The van der Waals surface area contributed by atoms with Gasteiger partial charge in [-0.2, -0.15) is 13.2 Å². The van der Waals surface area contributed by atoms with Crippen LogP contribution in [-0.4, -0.2) is 19.4 Å². The Kier molecular flexibility index (Phi) is 4.22. The zero-order chi connectivity index (χ0) is 17.5. The maximum Gasteiger partial charge on any atom is 0.429 e. The predicted molar refractivity (Wildman–Crippen MR) is 87.7 cm³/mol. The maximum absolute atomic E-state index is 13.0. The van der Waals surface area contributed by atoms with Crippen molar-refractivity contribution in [2.45, 2.75) is 19.2 Å². The quantitative estimate of drug-likeness (QED) is 0.692. The molecule has 0 N–H and O–H groups in total. The third kappa shape index (κ3) is 3.08. The Balaban J connectivity index is 2.12. The molecule has 2 aromatic carbocycles. The number of hydrogen-bond acceptors (Lipinski definition) is 2. The van der Waals surface area contributed by atoms with Gasteiger partial charge < -0.3 is 9.47 Å². The SMILES string of the molecule is COc1ccc(-c2cc(Cl)cc3c2O[C@H](C(F)(F)F)C=C3)cc1C. The second kappa shape index (κ2) is 6.06. The van der Waals surface area contributed by atoms with Gasteiger partial charge in [0.25, 0.3) is 0 Å². The van der Waals surface area contributed by atoms with Crippen LogP contribution in [0.15, 0.2) is 36.4 Å².